The van der Waals surface area contributed by atoms with Gasteiger partial charge in [0.1, 0.15) is 11.6 Å². The molecule has 0 saturated heterocycles. The summed E-state index contributed by atoms with van der Waals surface area (Å²) in [5.74, 6) is 1.02. The SMILES string of the molecule is CCCCOc1ccc(C(=O)NC(=S)Nc2ccc(Br)cn2)cc1. The van der Waals surface area contributed by atoms with Gasteiger partial charge >= 0.3 is 0 Å². The van der Waals surface area contributed by atoms with E-state index in [1.165, 1.54) is 0 Å². The Labute approximate surface area is 154 Å². The molecule has 1 aromatic heterocycles. The van der Waals surface area contributed by atoms with Gasteiger partial charge in [-0.2, -0.15) is 0 Å². The summed E-state index contributed by atoms with van der Waals surface area (Å²) in [7, 11) is 0. The lowest BCUT2D eigenvalue weighted by molar-refractivity contribution is 0.0977. The number of nitrogens with one attached hydrogen (secondary N) is 2. The van der Waals surface area contributed by atoms with Crippen molar-refractivity contribution < 1.29 is 9.53 Å². The van der Waals surface area contributed by atoms with Crippen LogP contribution in [0.25, 0.3) is 0 Å². The number of anilines is 1. The molecule has 0 fully saturated rings. The average molecular weight is 408 g/mol. The number of hydrogen-bond acceptors (Lipinski definition) is 4. The molecule has 126 valence electrons. The topological polar surface area (TPSA) is 63.2 Å². The van der Waals surface area contributed by atoms with Crippen LogP contribution >= 0.6 is 28.1 Å². The molecule has 2 aromatic rings. The molecule has 0 spiro atoms. The van der Waals surface area contributed by atoms with E-state index in [1.807, 2.05) is 6.07 Å². The summed E-state index contributed by atoms with van der Waals surface area (Å²) < 4.78 is 6.43. The van der Waals surface area contributed by atoms with Gasteiger partial charge < -0.3 is 10.1 Å². The number of aromatic nitrogens is 1. The number of benzene rings is 1. The van der Waals surface area contributed by atoms with Crippen molar-refractivity contribution >= 4 is 45.0 Å². The Morgan fingerprint density at radius 3 is 2.62 bits per heavy atom. The Morgan fingerprint density at radius 2 is 2.00 bits per heavy atom. The summed E-state index contributed by atoms with van der Waals surface area (Å²) >= 11 is 8.43. The van der Waals surface area contributed by atoms with Gasteiger partial charge in [-0.25, -0.2) is 4.98 Å². The van der Waals surface area contributed by atoms with Crippen LogP contribution in [-0.2, 0) is 0 Å². The summed E-state index contributed by atoms with van der Waals surface area (Å²) in [6.07, 6.45) is 3.73. The fourth-order valence-corrected chi connectivity index (χ4v) is 2.24. The maximum atomic E-state index is 12.2. The van der Waals surface area contributed by atoms with Crippen LogP contribution in [0.1, 0.15) is 30.1 Å². The van der Waals surface area contributed by atoms with Crippen molar-refractivity contribution in [3.63, 3.8) is 0 Å². The molecule has 1 heterocycles. The molecule has 2 rings (SSSR count). The van der Waals surface area contributed by atoms with Crippen LogP contribution in [0.3, 0.4) is 0 Å². The maximum absolute atomic E-state index is 12.2. The molecule has 1 amide bonds. The lowest BCUT2D eigenvalue weighted by atomic mass is 10.2. The number of ether oxygens (including phenoxy) is 1. The minimum atomic E-state index is -0.287. The molecule has 0 aliphatic rings. The van der Waals surface area contributed by atoms with Gasteiger partial charge in [0.2, 0.25) is 0 Å². The molecule has 2 N–H and O–H groups in total. The van der Waals surface area contributed by atoms with Gasteiger partial charge in [-0.3, -0.25) is 10.1 Å². The number of nitrogens with zero attached hydrogens (tertiary/aromatic N) is 1. The largest absolute Gasteiger partial charge is 0.494 e. The van der Waals surface area contributed by atoms with Crippen molar-refractivity contribution in [2.45, 2.75) is 19.8 Å². The first kappa shape index (κ1) is 18.4. The van der Waals surface area contributed by atoms with E-state index in [2.05, 4.69) is 38.5 Å². The molecule has 0 saturated carbocycles. The normalized spacial score (nSPS) is 10.1. The third-order valence-electron chi connectivity index (χ3n) is 3.08. The summed E-state index contributed by atoms with van der Waals surface area (Å²) in [4.78, 5) is 16.3. The summed E-state index contributed by atoms with van der Waals surface area (Å²) in [5, 5.41) is 5.67. The highest BCUT2D eigenvalue weighted by Crippen LogP contribution is 2.13. The van der Waals surface area contributed by atoms with E-state index in [4.69, 9.17) is 17.0 Å². The average Bonchev–Trinajstić information content (AvgIpc) is 2.58. The van der Waals surface area contributed by atoms with E-state index in [1.54, 1.807) is 36.5 Å². The van der Waals surface area contributed by atoms with Crippen molar-refractivity contribution in [2.24, 2.45) is 0 Å². The van der Waals surface area contributed by atoms with E-state index in [9.17, 15) is 4.79 Å². The van der Waals surface area contributed by atoms with Gasteiger partial charge in [-0.15, -0.1) is 0 Å². The summed E-state index contributed by atoms with van der Waals surface area (Å²) in [6, 6.07) is 10.5. The molecule has 7 heteroatoms. The zero-order valence-electron chi connectivity index (χ0n) is 13.2. The van der Waals surface area contributed by atoms with Crippen LogP contribution in [-0.4, -0.2) is 22.6 Å². The second-order valence-electron chi connectivity index (χ2n) is 5.00. The van der Waals surface area contributed by atoms with Gasteiger partial charge in [0.25, 0.3) is 5.91 Å². The highest BCUT2D eigenvalue weighted by Gasteiger charge is 2.08. The number of carbonyl (C=O) groups is 1. The number of carbonyl (C=O) groups excluding carboxylic acids is 1. The molecule has 0 radical (unpaired) electrons. The highest BCUT2D eigenvalue weighted by atomic mass is 79.9. The van der Waals surface area contributed by atoms with Crippen molar-refractivity contribution in [3.05, 3.63) is 52.6 Å². The first-order chi connectivity index (χ1) is 11.6. The van der Waals surface area contributed by atoms with Crippen LogP contribution < -0.4 is 15.4 Å². The second-order valence-corrected chi connectivity index (χ2v) is 6.32. The number of rotatable bonds is 6. The third kappa shape index (κ3) is 5.90. The van der Waals surface area contributed by atoms with Gasteiger partial charge in [-0.1, -0.05) is 13.3 Å². The molecule has 24 heavy (non-hydrogen) atoms. The van der Waals surface area contributed by atoms with E-state index in [-0.39, 0.29) is 11.0 Å². The van der Waals surface area contributed by atoms with Gasteiger partial charge in [0, 0.05) is 16.2 Å². The van der Waals surface area contributed by atoms with E-state index < -0.39 is 0 Å². The smallest absolute Gasteiger partial charge is 0.257 e. The number of unbranched alkanes of at least 4 members (excludes halogenated alkanes) is 1. The number of halogens is 1. The zero-order chi connectivity index (χ0) is 17.4. The zero-order valence-corrected chi connectivity index (χ0v) is 15.6. The van der Waals surface area contributed by atoms with Crippen molar-refractivity contribution in [3.8, 4) is 5.75 Å². The fourth-order valence-electron chi connectivity index (χ4n) is 1.81. The van der Waals surface area contributed by atoms with Crippen LogP contribution in [0.15, 0.2) is 47.1 Å². The molecule has 0 aliphatic carbocycles. The minimum Gasteiger partial charge on any atom is -0.494 e. The lowest BCUT2D eigenvalue weighted by Crippen LogP contribution is -2.34. The second kappa shape index (κ2) is 9.34. The summed E-state index contributed by atoms with van der Waals surface area (Å²) in [6.45, 7) is 2.79. The first-order valence-corrected chi connectivity index (χ1v) is 8.75. The Balaban J connectivity index is 1.86. The predicted octanol–water partition coefficient (Wildman–Crippen LogP) is 4.15. The van der Waals surface area contributed by atoms with E-state index >= 15 is 0 Å². The van der Waals surface area contributed by atoms with Crippen molar-refractivity contribution in [1.82, 2.24) is 10.3 Å². The molecule has 0 bridgehead atoms. The fraction of sp³-hybridized carbons (Fsp3) is 0.235. The molecule has 1 aromatic carbocycles. The minimum absolute atomic E-state index is 0.193. The standard InChI is InChI=1S/C17H18BrN3O2S/c1-2-3-10-23-14-7-4-12(5-8-14)16(22)21-17(24)20-15-9-6-13(18)11-19-15/h4-9,11H,2-3,10H2,1H3,(H2,19,20,21,22,24). The highest BCUT2D eigenvalue weighted by molar-refractivity contribution is 9.10. The quantitative estimate of drug-likeness (QED) is 0.556. The molecule has 5 nitrogen and oxygen atoms in total. The molecular weight excluding hydrogens is 390 g/mol. The number of hydrogen-bond donors (Lipinski definition) is 2. The lowest BCUT2D eigenvalue weighted by Gasteiger charge is -2.10. The third-order valence-corrected chi connectivity index (χ3v) is 3.75. The summed E-state index contributed by atoms with van der Waals surface area (Å²) in [5.41, 5.74) is 0.505. The first-order valence-electron chi connectivity index (χ1n) is 7.55. The van der Waals surface area contributed by atoms with Gasteiger partial charge in [-0.05, 0) is 71.0 Å². The number of pyridine rings is 1. The number of thiocarbonyl (C=S) groups is 1. The van der Waals surface area contributed by atoms with Crippen LogP contribution in [0.5, 0.6) is 5.75 Å². The van der Waals surface area contributed by atoms with E-state index in [0.717, 1.165) is 23.1 Å². The maximum Gasteiger partial charge on any atom is 0.257 e. The van der Waals surface area contributed by atoms with E-state index in [0.29, 0.717) is 18.0 Å². The van der Waals surface area contributed by atoms with Crippen LogP contribution in [0.2, 0.25) is 0 Å². The monoisotopic (exact) mass is 407 g/mol. The van der Waals surface area contributed by atoms with Gasteiger partial charge in [0.05, 0.1) is 6.61 Å². The Hall–Kier alpha value is -1.99. The molecule has 0 atom stereocenters. The Morgan fingerprint density at radius 1 is 1.25 bits per heavy atom. The predicted molar refractivity (Wildman–Crippen MR) is 102 cm³/mol. The number of amides is 1. The Bertz CT molecular complexity index is 690. The molecule has 0 aliphatic heterocycles. The van der Waals surface area contributed by atoms with Crippen LogP contribution in [0, 0.1) is 0 Å². The Kier molecular flexibility index (Phi) is 7.14. The van der Waals surface area contributed by atoms with Crippen LogP contribution in [0.4, 0.5) is 5.82 Å². The van der Waals surface area contributed by atoms with Gasteiger partial charge in [0.15, 0.2) is 5.11 Å². The molecule has 0 unspecified atom stereocenters. The molecular formula is C17H18BrN3O2S. The van der Waals surface area contributed by atoms with Crippen molar-refractivity contribution in [2.75, 3.05) is 11.9 Å². The van der Waals surface area contributed by atoms with Crippen molar-refractivity contribution in [1.29, 1.82) is 0 Å².